The number of piperidine rings is 1. The van der Waals surface area contributed by atoms with Gasteiger partial charge in [-0.2, -0.15) is 0 Å². The summed E-state index contributed by atoms with van der Waals surface area (Å²) in [7, 11) is 0. The summed E-state index contributed by atoms with van der Waals surface area (Å²) >= 11 is 1.48. The molecule has 3 amide bonds. The van der Waals surface area contributed by atoms with Gasteiger partial charge in [-0.3, -0.25) is 10.1 Å². The minimum Gasteiger partial charge on any atom is -0.368 e. The van der Waals surface area contributed by atoms with Crippen LogP contribution in [0, 0.1) is 11.7 Å². The predicted molar refractivity (Wildman–Crippen MR) is 113 cm³/mol. The molecule has 1 aromatic heterocycles. The largest absolute Gasteiger partial charge is 0.368 e. The Morgan fingerprint density at radius 3 is 2.45 bits per heavy atom. The van der Waals surface area contributed by atoms with Gasteiger partial charge in [0.15, 0.2) is 0 Å². The van der Waals surface area contributed by atoms with Gasteiger partial charge in [-0.15, -0.1) is 11.3 Å². The van der Waals surface area contributed by atoms with Crippen LogP contribution in [0.25, 0.3) is 0 Å². The Hall–Kier alpha value is -2.61. The van der Waals surface area contributed by atoms with E-state index in [1.54, 1.807) is 17.0 Å². The molecule has 2 saturated heterocycles. The van der Waals surface area contributed by atoms with Crippen molar-refractivity contribution in [2.24, 2.45) is 5.92 Å². The third kappa shape index (κ3) is 4.70. The van der Waals surface area contributed by atoms with Crippen molar-refractivity contribution >= 4 is 34.0 Å². The van der Waals surface area contributed by atoms with Crippen LogP contribution in [0.1, 0.15) is 12.8 Å². The van der Waals surface area contributed by atoms with Crippen molar-refractivity contribution in [2.75, 3.05) is 49.5 Å². The average Bonchev–Trinajstić information content (AvgIpc) is 3.27. The summed E-state index contributed by atoms with van der Waals surface area (Å²) in [4.78, 5) is 31.4. The van der Waals surface area contributed by atoms with E-state index in [2.05, 4.69) is 10.2 Å². The van der Waals surface area contributed by atoms with Crippen molar-refractivity contribution in [2.45, 2.75) is 12.8 Å². The van der Waals surface area contributed by atoms with Crippen molar-refractivity contribution in [3.8, 4) is 0 Å². The first-order valence-electron chi connectivity index (χ1n) is 9.99. The predicted octanol–water partition coefficient (Wildman–Crippen LogP) is 3.48. The molecule has 2 aromatic rings. The van der Waals surface area contributed by atoms with Crippen LogP contribution in [-0.2, 0) is 4.79 Å². The standard InChI is InChI=1S/C21H25FN4O2S/c22-17-5-7-18(8-6-17)24-10-12-25(13-11-24)20(27)16-3-1-9-26(15-16)21(28)23-19-4-2-14-29-19/h2,4-8,14,16H,1,3,9-13,15H2,(H,23,28). The number of hydrogen-bond donors (Lipinski definition) is 1. The average molecular weight is 417 g/mol. The molecule has 1 N–H and O–H groups in total. The van der Waals surface area contributed by atoms with E-state index in [1.807, 2.05) is 22.4 Å². The van der Waals surface area contributed by atoms with E-state index in [9.17, 15) is 14.0 Å². The topological polar surface area (TPSA) is 55.9 Å². The third-order valence-corrected chi connectivity index (χ3v) is 6.38. The minimum atomic E-state index is -0.243. The van der Waals surface area contributed by atoms with E-state index >= 15 is 0 Å². The van der Waals surface area contributed by atoms with E-state index in [0.29, 0.717) is 26.2 Å². The molecule has 0 radical (unpaired) electrons. The zero-order valence-electron chi connectivity index (χ0n) is 16.2. The molecule has 0 spiro atoms. The summed E-state index contributed by atoms with van der Waals surface area (Å²) in [5, 5.41) is 5.65. The van der Waals surface area contributed by atoms with Crippen LogP contribution >= 0.6 is 11.3 Å². The van der Waals surface area contributed by atoms with Gasteiger partial charge < -0.3 is 14.7 Å². The number of amides is 3. The summed E-state index contributed by atoms with van der Waals surface area (Å²) in [5.41, 5.74) is 0.979. The molecular weight excluding hydrogens is 391 g/mol. The van der Waals surface area contributed by atoms with Crippen molar-refractivity contribution in [1.82, 2.24) is 9.80 Å². The quantitative estimate of drug-likeness (QED) is 0.834. The highest BCUT2D eigenvalue weighted by Gasteiger charge is 2.32. The molecule has 2 fully saturated rings. The molecule has 0 saturated carbocycles. The van der Waals surface area contributed by atoms with Crippen LogP contribution in [0.5, 0.6) is 0 Å². The Morgan fingerprint density at radius 1 is 1.00 bits per heavy atom. The maximum absolute atomic E-state index is 13.1. The molecule has 29 heavy (non-hydrogen) atoms. The molecule has 0 bridgehead atoms. The Bertz CT molecular complexity index is 835. The van der Waals surface area contributed by atoms with Gasteiger partial charge in [0.1, 0.15) is 5.82 Å². The number of carbonyl (C=O) groups excluding carboxylic acids is 2. The number of carbonyl (C=O) groups is 2. The summed E-state index contributed by atoms with van der Waals surface area (Å²) in [6, 6.07) is 10.1. The molecule has 0 aliphatic carbocycles. The SMILES string of the molecule is O=C(Nc1cccs1)N1CCCC(C(=O)N2CCN(c3ccc(F)cc3)CC2)C1. The summed E-state index contributed by atoms with van der Waals surface area (Å²) in [5.74, 6) is -0.250. The number of piperazine rings is 1. The molecule has 6 nitrogen and oxygen atoms in total. The van der Waals surface area contributed by atoms with Gasteiger partial charge in [-0.25, -0.2) is 9.18 Å². The van der Waals surface area contributed by atoms with Gasteiger partial charge in [0.05, 0.1) is 10.9 Å². The second-order valence-corrected chi connectivity index (χ2v) is 8.43. The number of likely N-dealkylation sites (tertiary alicyclic amines) is 1. The molecule has 2 aliphatic rings. The van der Waals surface area contributed by atoms with Crippen LogP contribution < -0.4 is 10.2 Å². The number of benzene rings is 1. The van der Waals surface area contributed by atoms with E-state index in [0.717, 1.165) is 36.6 Å². The highest BCUT2D eigenvalue weighted by molar-refractivity contribution is 7.14. The number of nitrogens with one attached hydrogen (secondary N) is 1. The number of urea groups is 1. The fourth-order valence-electron chi connectivity index (χ4n) is 3.99. The van der Waals surface area contributed by atoms with Gasteiger partial charge in [-0.1, -0.05) is 0 Å². The number of anilines is 2. The smallest absolute Gasteiger partial charge is 0.322 e. The van der Waals surface area contributed by atoms with Gasteiger partial charge >= 0.3 is 6.03 Å². The van der Waals surface area contributed by atoms with Crippen LogP contribution in [0.3, 0.4) is 0 Å². The molecular formula is C21H25FN4O2S. The van der Waals surface area contributed by atoms with Crippen molar-refractivity contribution < 1.29 is 14.0 Å². The van der Waals surface area contributed by atoms with Crippen molar-refractivity contribution in [3.63, 3.8) is 0 Å². The molecule has 3 heterocycles. The van der Waals surface area contributed by atoms with Crippen LogP contribution in [0.2, 0.25) is 0 Å². The normalized spacial score (nSPS) is 19.9. The first kappa shape index (κ1) is 19.7. The van der Waals surface area contributed by atoms with E-state index < -0.39 is 0 Å². The lowest BCUT2D eigenvalue weighted by Gasteiger charge is -2.39. The first-order chi connectivity index (χ1) is 14.1. The molecule has 8 heteroatoms. The maximum atomic E-state index is 13.1. The van der Waals surface area contributed by atoms with Crippen LogP contribution in [-0.4, -0.2) is 61.0 Å². The second-order valence-electron chi connectivity index (χ2n) is 7.48. The molecule has 2 aliphatic heterocycles. The number of thiophene rings is 1. The van der Waals surface area contributed by atoms with E-state index in [1.165, 1.54) is 23.5 Å². The Morgan fingerprint density at radius 2 is 1.76 bits per heavy atom. The fraction of sp³-hybridized carbons (Fsp3) is 0.429. The third-order valence-electron chi connectivity index (χ3n) is 5.59. The van der Waals surface area contributed by atoms with Crippen molar-refractivity contribution in [1.29, 1.82) is 0 Å². The molecule has 1 unspecified atom stereocenters. The molecule has 154 valence electrons. The van der Waals surface area contributed by atoms with Gasteiger partial charge in [0.2, 0.25) is 5.91 Å². The second kappa shape index (κ2) is 8.82. The first-order valence-corrected chi connectivity index (χ1v) is 10.9. The molecule has 1 aromatic carbocycles. The number of rotatable bonds is 3. The molecule has 4 rings (SSSR count). The fourth-order valence-corrected chi connectivity index (χ4v) is 4.60. The Balaban J connectivity index is 1.30. The number of hydrogen-bond acceptors (Lipinski definition) is 4. The van der Waals surface area contributed by atoms with E-state index in [4.69, 9.17) is 0 Å². The molecule has 1 atom stereocenters. The highest BCUT2D eigenvalue weighted by atomic mass is 32.1. The zero-order chi connectivity index (χ0) is 20.2. The number of halogens is 1. The van der Waals surface area contributed by atoms with Gasteiger partial charge in [0, 0.05) is 45.0 Å². The van der Waals surface area contributed by atoms with Gasteiger partial charge in [-0.05, 0) is 54.6 Å². The highest BCUT2D eigenvalue weighted by Crippen LogP contribution is 2.23. The minimum absolute atomic E-state index is 0.133. The maximum Gasteiger partial charge on any atom is 0.322 e. The van der Waals surface area contributed by atoms with Crippen LogP contribution in [0.15, 0.2) is 41.8 Å². The summed E-state index contributed by atoms with van der Waals surface area (Å²) in [6.07, 6.45) is 1.66. The zero-order valence-corrected chi connectivity index (χ0v) is 17.0. The lowest BCUT2D eigenvalue weighted by molar-refractivity contribution is -0.137. The lowest BCUT2D eigenvalue weighted by atomic mass is 9.96. The van der Waals surface area contributed by atoms with E-state index in [-0.39, 0.29) is 23.7 Å². The van der Waals surface area contributed by atoms with Gasteiger partial charge in [0.25, 0.3) is 0 Å². The van der Waals surface area contributed by atoms with Crippen molar-refractivity contribution in [3.05, 3.63) is 47.6 Å². The van der Waals surface area contributed by atoms with Crippen LogP contribution in [0.4, 0.5) is 19.9 Å². The monoisotopic (exact) mass is 416 g/mol. The number of nitrogens with zero attached hydrogens (tertiary/aromatic N) is 3. The Labute approximate surface area is 173 Å². The summed E-state index contributed by atoms with van der Waals surface area (Å²) in [6.45, 7) is 3.90. The Kier molecular flexibility index (Phi) is 5.99. The summed E-state index contributed by atoms with van der Waals surface area (Å²) < 4.78 is 13.1. The lowest BCUT2D eigenvalue weighted by Crippen LogP contribution is -2.53.